The minimum absolute atomic E-state index is 0.391. The van der Waals surface area contributed by atoms with Crippen LogP contribution in [0.5, 0.6) is 0 Å². The molecule has 0 saturated heterocycles. The molecule has 0 aliphatic heterocycles. The van der Waals surface area contributed by atoms with Crippen molar-refractivity contribution >= 4 is 22.8 Å². The largest absolute Gasteiger partial charge is 0.307 e. The van der Waals surface area contributed by atoms with Gasteiger partial charge in [-0.2, -0.15) is 0 Å². The lowest BCUT2D eigenvalue weighted by atomic mass is 10.1. The molecular weight excluding hydrogens is 270 g/mol. The van der Waals surface area contributed by atoms with Crippen molar-refractivity contribution in [2.24, 2.45) is 0 Å². The number of alkyl halides is 1. The molecule has 0 unspecified atom stereocenters. The molecule has 3 nitrogen and oxygen atoms in total. The van der Waals surface area contributed by atoms with Crippen molar-refractivity contribution in [3.63, 3.8) is 0 Å². The van der Waals surface area contributed by atoms with Crippen LogP contribution in [0, 0.1) is 13.8 Å². The highest BCUT2D eigenvalue weighted by molar-refractivity contribution is 6.16. The van der Waals surface area contributed by atoms with Crippen LogP contribution in [0.15, 0.2) is 36.5 Å². The van der Waals surface area contributed by atoms with E-state index in [0.29, 0.717) is 5.88 Å². The molecule has 0 radical (unpaired) electrons. The van der Waals surface area contributed by atoms with Gasteiger partial charge in [0.15, 0.2) is 5.65 Å². The average Bonchev–Trinajstić information content (AvgIpc) is 2.81. The summed E-state index contributed by atoms with van der Waals surface area (Å²) in [5, 5.41) is 0. The van der Waals surface area contributed by atoms with Crippen molar-refractivity contribution in [3.05, 3.63) is 59.0 Å². The molecule has 0 aliphatic rings. The first-order chi connectivity index (χ1) is 9.70. The Morgan fingerprint density at radius 1 is 1.10 bits per heavy atom. The summed E-state index contributed by atoms with van der Waals surface area (Å²) in [6, 6.07) is 10.3. The number of aryl methyl sites for hydroxylation is 2. The molecule has 0 atom stereocenters. The summed E-state index contributed by atoms with van der Waals surface area (Å²) < 4.78 is 2.11. The van der Waals surface area contributed by atoms with Gasteiger partial charge in [-0.3, -0.25) is 0 Å². The Bertz CT molecular complexity index is 762. The van der Waals surface area contributed by atoms with Crippen molar-refractivity contribution < 1.29 is 0 Å². The molecule has 0 aliphatic carbocycles. The molecule has 2 aromatic heterocycles. The normalized spacial score (nSPS) is 11.2. The van der Waals surface area contributed by atoms with Gasteiger partial charge in [0.25, 0.3) is 0 Å². The lowest BCUT2D eigenvalue weighted by Gasteiger charge is -2.09. The Hall–Kier alpha value is -1.87. The average molecular weight is 286 g/mol. The number of hydrogen-bond donors (Lipinski definition) is 0. The van der Waals surface area contributed by atoms with Gasteiger partial charge in [0.2, 0.25) is 0 Å². The topological polar surface area (TPSA) is 30.7 Å². The van der Waals surface area contributed by atoms with Crippen molar-refractivity contribution in [2.75, 3.05) is 0 Å². The van der Waals surface area contributed by atoms with Crippen LogP contribution < -0.4 is 0 Å². The van der Waals surface area contributed by atoms with Crippen LogP contribution in [0.2, 0.25) is 0 Å². The Kier molecular flexibility index (Phi) is 3.45. The Morgan fingerprint density at radius 2 is 1.90 bits per heavy atom. The standard InChI is InChI=1S/C16H16ClN3/c1-11-5-3-4-6-13(11)10-20-14(9-17)19-15-12(2)7-8-18-16(15)20/h3-8H,9-10H2,1-2H3. The molecule has 0 spiro atoms. The fourth-order valence-electron chi connectivity index (χ4n) is 2.41. The maximum atomic E-state index is 6.05. The van der Waals surface area contributed by atoms with Gasteiger partial charge in [-0.25, -0.2) is 9.97 Å². The van der Waals surface area contributed by atoms with E-state index in [1.807, 2.05) is 19.2 Å². The van der Waals surface area contributed by atoms with Crippen LogP contribution in [0.25, 0.3) is 11.2 Å². The predicted molar refractivity (Wildman–Crippen MR) is 82.1 cm³/mol. The molecule has 0 fully saturated rings. The van der Waals surface area contributed by atoms with Crippen LogP contribution in [0.3, 0.4) is 0 Å². The first-order valence-electron chi connectivity index (χ1n) is 6.62. The van der Waals surface area contributed by atoms with Crippen molar-refractivity contribution in [3.8, 4) is 0 Å². The number of imidazole rings is 1. The Morgan fingerprint density at radius 3 is 2.65 bits per heavy atom. The molecular formula is C16H16ClN3. The monoisotopic (exact) mass is 285 g/mol. The van der Waals surface area contributed by atoms with E-state index in [9.17, 15) is 0 Å². The maximum absolute atomic E-state index is 6.05. The summed E-state index contributed by atoms with van der Waals surface area (Å²) in [6.07, 6.45) is 1.83. The van der Waals surface area contributed by atoms with E-state index in [4.69, 9.17) is 11.6 Å². The number of hydrogen-bond acceptors (Lipinski definition) is 2. The summed E-state index contributed by atoms with van der Waals surface area (Å²) >= 11 is 6.05. The molecule has 0 amide bonds. The van der Waals surface area contributed by atoms with E-state index in [0.717, 1.165) is 29.1 Å². The van der Waals surface area contributed by atoms with E-state index < -0.39 is 0 Å². The zero-order valence-corrected chi connectivity index (χ0v) is 12.4. The van der Waals surface area contributed by atoms with Gasteiger partial charge < -0.3 is 4.57 Å². The first kappa shape index (κ1) is 13.1. The number of halogens is 1. The highest BCUT2D eigenvalue weighted by atomic mass is 35.5. The van der Waals surface area contributed by atoms with Crippen molar-refractivity contribution in [1.29, 1.82) is 0 Å². The minimum Gasteiger partial charge on any atom is -0.307 e. The van der Waals surface area contributed by atoms with Crippen LogP contribution in [-0.4, -0.2) is 14.5 Å². The fraction of sp³-hybridized carbons (Fsp3) is 0.250. The van der Waals surface area contributed by atoms with Crippen molar-refractivity contribution in [2.45, 2.75) is 26.3 Å². The second-order valence-corrected chi connectivity index (χ2v) is 5.24. The lowest BCUT2D eigenvalue weighted by Crippen LogP contribution is -2.05. The van der Waals surface area contributed by atoms with Gasteiger partial charge in [0.1, 0.15) is 11.3 Å². The van der Waals surface area contributed by atoms with Gasteiger partial charge in [0, 0.05) is 6.20 Å². The number of nitrogens with zero attached hydrogens (tertiary/aromatic N) is 3. The molecule has 0 saturated carbocycles. The molecule has 0 N–H and O–H groups in total. The van der Waals surface area contributed by atoms with E-state index >= 15 is 0 Å². The molecule has 3 aromatic rings. The van der Waals surface area contributed by atoms with Crippen LogP contribution in [0.1, 0.15) is 22.5 Å². The second-order valence-electron chi connectivity index (χ2n) is 4.97. The number of fused-ring (bicyclic) bond motifs is 1. The summed E-state index contributed by atoms with van der Waals surface area (Å²) in [5.74, 6) is 1.26. The van der Waals surface area contributed by atoms with Crippen LogP contribution >= 0.6 is 11.6 Å². The summed E-state index contributed by atoms with van der Waals surface area (Å²) in [7, 11) is 0. The molecule has 4 heteroatoms. The fourth-order valence-corrected chi connectivity index (χ4v) is 2.61. The summed E-state index contributed by atoms with van der Waals surface area (Å²) in [4.78, 5) is 9.10. The molecule has 102 valence electrons. The number of aromatic nitrogens is 3. The SMILES string of the molecule is Cc1ccccc1Cn1c(CCl)nc2c(C)ccnc21. The number of benzene rings is 1. The van der Waals surface area contributed by atoms with Gasteiger partial charge in [-0.15, -0.1) is 11.6 Å². The molecule has 3 rings (SSSR count). The quantitative estimate of drug-likeness (QED) is 0.685. The lowest BCUT2D eigenvalue weighted by molar-refractivity contribution is 0.766. The molecule has 20 heavy (non-hydrogen) atoms. The van der Waals surface area contributed by atoms with E-state index in [-0.39, 0.29) is 0 Å². The van der Waals surface area contributed by atoms with Gasteiger partial charge >= 0.3 is 0 Å². The number of rotatable bonds is 3. The third-order valence-corrected chi connectivity index (χ3v) is 3.86. The first-order valence-corrected chi connectivity index (χ1v) is 7.15. The second kappa shape index (κ2) is 5.25. The van der Waals surface area contributed by atoms with Gasteiger partial charge in [-0.05, 0) is 36.6 Å². The zero-order chi connectivity index (χ0) is 14.1. The highest BCUT2D eigenvalue weighted by Gasteiger charge is 2.13. The Balaban J connectivity index is 2.15. The zero-order valence-electron chi connectivity index (χ0n) is 11.6. The molecule has 0 bridgehead atoms. The van der Waals surface area contributed by atoms with E-state index in [1.54, 1.807) is 0 Å². The van der Waals surface area contributed by atoms with E-state index in [2.05, 4.69) is 45.7 Å². The third kappa shape index (κ3) is 2.18. The van der Waals surface area contributed by atoms with Gasteiger partial charge in [-0.1, -0.05) is 24.3 Å². The summed E-state index contributed by atoms with van der Waals surface area (Å²) in [5.41, 5.74) is 5.51. The van der Waals surface area contributed by atoms with Crippen LogP contribution in [-0.2, 0) is 12.4 Å². The number of pyridine rings is 1. The van der Waals surface area contributed by atoms with Crippen LogP contribution in [0.4, 0.5) is 0 Å². The maximum Gasteiger partial charge on any atom is 0.160 e. The molecule has 2 heterocycles. The van der Waals surface area contributed by atoms with Crippen molar-refractivity contribution in [1.82, 2.24) is 14.5 Å². The third-order valence-electron chi connectivity index (χ3n) is 3.62. The highest BCUT2D eigenvalue weighted by Crippen LogP contribution is 2.21. The Labute approximate surface area is 123 Å². The smallest absolute Gasteiger partial charge is 0.160 e. The minimum atomic E-state index is 0.391. The molecule has 1 aromatic carbocycles. The summed E-state index contributed by atoms with van der Waals surface area (Å²) in [6.45, 7) is 4.92. The van der Waals surface area contributed by atoms with E-state index in [1.165, 1.54) is 11.1 Å². The predicted octanol–water partition coefficient (Wildman–Crippen LogP) is 3.84. The van der Waals surface area contributed by atoms with Gasteiger partial charge in [0.05, 0.1) is 12.4 Å².